The van der Waals surface area contributed by atoms with Crippen LogP contribution in [0, 0.1) is 35.5 Å². The molecule has 0 aliphatic carbocycles. The van der Waals surface area contributed by atoms with Crippen LogP contribution in [-0.2, 0) is 37.7 Å². The van der Waals surface area contributed by atoms with Crippen LogP contribution in [0.3, 0.4) is 0 Å². The molecule has 0 bridgehead atoms. The van der Waals surface area contributed by atoms with Gasteiger partial charge in [0.15, 0.2) is 14.1 Å². The lowest BCUT2D eigenvalue weighted by Crippen LogP contribution is -2.61. The average Bonchev–Trinajstić information content (AvgIpc) is 3.06. The van der Waals surface area contributed by atoms with Crippen molar-refractivity contribution in [1.29, 1.82) is 0 Å². The molecule has 0 aromatic rings. The number of hydrogen-bond acceptors (Lipinski definition) is 10. The van der Waals surface area contributed by atoms with Gasteiger partial charge in [-0.1, -0.05) is 105 Å². The van der Waals surface area contributed by atoms with Crippen molar-refractivity contribution >= 4 is 20.3 Å². The highest BCUT2D eigenvalue weighted by Crippen LogP contribution is 2.46. The van der Waals surface area contributed by atoms with Crippen LogP contribution < -0.4 is 0 Å². The minimum Gasteiger partial charge on any atom is -0.490 e. The number of aliphatic hydroxyl groups excluding tert-OH is 1. The van der Waals surface area contributed by atoms with Crippen LogP contribution in [0.15, 0.2) is 47.3 Å². The van der Waals surface area contributed by atoms with Gasteiger partial charge in [0.05, 0.1) is 25.4 Å². The smallest absolute Gasteiger partial charge is 0.373 e. The van der Waals surface area contributed by atoms with Gasteiger partial charge < -0.3 is 38.3 Å². The van der Waals surface area contributed by atoms with Crippen LogP contribution in [-0.4, -0.2) is 87.1 Å². The molecule has 12 atom stereocenters. The molecule has 0 saturated carbocycles. The quantitative estimate of drug-likeness (QED) is 0.165. The van der Waals surface area contributed by atoms with Crippen LogP contribution in [0.5, 0.6) is 0 Å². The molecule has 0 amide bonds. The molecule has 0 aromatic carbocycles. The fourth-order valence-electron chi connectivity index (χ4n) is 7.63. The van der Waals surface area contributed by atoms with Crippen molar-refractivity contribution in [3.8, 4) is 0 Å². The third kappa shape index (κ3) is 12.4. The van der Waals surface area contributed by atoms with Gasteiger partial charge in [0.1, 0.15) is 18.3 Å². The van der Waals surface area contributed by atoms with Gasteiger partial charge in [0.2, 0.25) is 5.76 Å². The van der Waals surface area contributed by atoms with E-state index in [4.69, 9.17) is 28.1 Å². The number of ether oxygens (including phenoxy) is 5. The Morgan fingerprint density at radius 1 is 1.06 bits per heavy atom. The third-order valence-corrected chi connectivity index (χ3v) is 16.5. The van der Waals surface area contributed by atoms with Gasteiger partial charge in [0, 0.05) is 44.1 Å². The van der Waals surface area contributed by atoms with E-state index in [-0.39, 0.29) is 65.2 Å². The van der Waals surface area contributed by atoms with Crippen LogP contribution in [0.2, 0.25) is 18.1 Å². The first-order valence-corrected chi connectivity index (χ1v) is 22.7. The molecule has 2 rings (SSSR count). The summed E-state index contributed by atoms with van der Waals surface area (Å²) in [7, 11) is 0.692. The highest BCUT2D eigenvalue weighted by Gasteiger charge is 2.54. The number of carbonyl (C=O) groups excluding carboxylic acids is 2. The first-order valence-electron chi connectivity index (χ1n) is 19.7. The Labute approximate surface area is 327 Å². The summed E-state index contributed by atoms with van der Waals surface area (Å²) in [5.74, 6) is -4.44. The SMILES string of the molecule is CO/C1=C\C(C)=C\[C@@H](C)[C@@H](OC(C)=O)[C@H](C)C/C(C)=C/C=C/[C@H](OC)[C@@H]([C@@H](C)[C@@H](O)[C@H](C)[C@@]2(O)C[C@@H](O[Si](C)(C)C(C)(C)C)[C@H](C)[C@@H](C(C)C)O2)OC1=O. The second-order valence-electron chi connectivity index (χ2n) is 18.0. The van der Waals surface area contributed by atoms with E-state index >= 15 is 0 Å². The first-order chi connectivity index (χ1) is 24.8. The van der Waals surface area contributed by atoms with Crippen LogP contribution >= 0.6 is 0 Å². The lowest BCUT2D eigenvalue weighted by Gasteiger charge is -2.52. The zero-order chi connectivity index (χ0) is 41.5. The monoisotopic (exact) mass is 779 g/mol. The molecule has 1 saturated heterocycles. The molecule has 10 nitrogen and oxygen atoms in total. The van der Waals surface area contributed by atoms with Crippen LogP contribution in [0.4, 0.5) is 0 Å². The Balaban J connectivity index is 2.60. The molecule has 0 radical (unpaired) electrons. The van der Waals surface area contributed by atoms with E-state index in [1.54, 1.807) is 26.0 Å². The highest BCUT2D eigenvalue weighted by molar-refractivity contribution is 6.74. The predicted molar refractivity (Wildman–Crippen MR) is 216 cm³/mol. The summed E-state index contributed by atoms with van der Waals surface area (Å²) in [6.45, 7) is 30.1. The fourth-order valence-corrected chi connectivity index (χ4v) is 9.04. The molecule has 0 spiro atoms. The Morgan fingerprint density at radius 3 is 2.19 bits per heavy atom. The fraction of sp³-hybridized carbons (Fsp3) is 0.767. The van der Waals surface area contributed by atoms with Crippen molar-refractivity contribution in [1.82, 2.24) is 0 Å². The molecule has 2 aliphatic heterocycles. The molecule has 2 aliphatic rings. The molecule has 11 heteroatoms. The number of aliphatic hydroxyl groups is 2. The number of carbonyl (C=O) groups is 2. The van der Waals surface area contributed by atoms with Gasteiger partial charge >= 0.3 is 11.9 Å². The third-order valence-electron chi connectivity index (χ3n) is 12.0. The number of esters is 2. The van der Waals surface area contributed by atoms with Crippen molar-refractivity contribution in [3.63, 3.8) is 0 Å². The Hall–Kier alpha value is -2.28. The number of methoxy groups -OCH3 is 2. The summed E-state index contributed by atoms with van der Waals surface area (Å²) in [5, 5.41) is 24.5. The maximum Gasteiger partial charge on any atom is 0.373 e. The van der Waals surface area contributed by atoms with Gasteiger partial charge in [-0.2, -0.15) is 0 Å². The zero-order valence-electron chi connectivity index (χ0n) is 36.4. The summed E-state index contributed by atoms with van der Waals surface area (Å²) in [5.41, 5.74) is 1.78. The topological polar surface area (TPSA) is 130 Å². The molecule has 0 unspecified atom stereocenters. The minimum atomic E-state index is -2.23. The van der Waals surface area contributed by atoms with Gasteiger partial charge in [-0.15, -0.1) is 0 Å². The molecule has 1 fully saturated rings. The van der Waals surface area contributed by atoms with Gasteiger partial charge in [0.25, 0.3) is 0 Å². The molecule has 54 heavy (non-hydrogen) atoms. The van der Waals surface area contributed by atoms with E-state index in [1.165, 1.54) is 21.1 Å². The number of rotatable bonds is 10. The molecule has 310 valence electrons. The van der Waals surface area contributed by atoms with E-state index in [0.717, 1.165) is 11.1 Å². The second-order valence-corrected chi connectivity index (χ2v) is 22.8. The lowest BCUT2D eigenvalue weighted by molar-refractivity contribution is -0.327. The highest BCUT2D eigenvalue weighted by atomic mass is 28.4. The minimum absolute atomic E-state index is 0.00180. The number of cyclic esters (lactones) is 1. The summed E-state index contributed by atoms with van der Waals surface area (Å²) < 4.78 is 36.9. The van der Waals surface area contributed by atoms with Gasteiger partial charge in [-0.05, 0) is 56.3 Å². The standard InChI is InChI=1S/C43H74O10Si/c1-25(2)38-30(7)36(53-54(16,17)42(11,12)13)24-43(47,52-38)32(9)37(45)31(8)40-34(48-14)20-18-19-26(3)21-28(5)39(50-33(10)44)29(6)22-27(4)23-35(49-15)41(46)51-40/h18-20,22-23,25,28-32,34,36-40,45,47H,21,24H2,1-17H3/b20-18+,26-19+,27-22+,35-23-/t28-,29-,30+,31+,32+,34+,36-,37-,38-,39+,40-,43-/m1/s1. The zero-order valence-corrected chi connectivity index (χ0v) is 37.4. The van der Waals surface area contributed by atoms with E-state index in [0.29, 0.717) is 6.42 Å². The number of hydrogen-bond donors (Lipinski definition) is 2. The molecular weight excluding hydrogens is 705 g/mol. The Kier molecular flexibility index (Phi) is 17.5. The van der Waals surface area contributed by atoms with Crippen LogP contribution in [0.1, 0.15) is 103 Å². The normalized spacial score (nSPS) is 36.3. The van der Waals surface area contributed by atoms with E-state index < -0.39 is 50.2 Å². The lowest BCUT2D eigenvalue weighted by atomic mass is 9.76. The van der Waals surface area contributed by atoms with Crippen molar-refractivity contribution in [2.24, 2.45) is 35.5 Å². The Bertz CT molecular complexity index is 1380. The molecule has 0 aromatic heterocycles. The maximum atomic E-state index is 13.9. The van der Waals surface area contributed by atoms with Crippen molar-refractivity contribution in [2.75, 3.05) is 14.2 Å². The van der Waals surface area contributed by atoms with E-state index in [2.05, 4.69) is 61.6 Å². The summed E-state index contributed by atoms with van der Waals surface area (Å²) in [6, 6.07) is 0. The predicted octanol–water partition coefficient (Wildman–Crippen LogP) is 8.29. The maximum absolute atomic E-state index is 13.9. The van der Waals surface area contributed by atoms with Crippen molar-refractivity contribution in [3.05, 3.63) is 47.3 Å². The van der Waals surface area contributed by atoms with Gasteiger partial charge in [-0.25, -0.2) is 4.79 Å². The van der Waals surface area contributed by atoms with Crippen LogP contribution in [0.25, 0.3) is 0 Å². The molecule has 2 heterocycles. The van der Waals surface area contributed by atoms with E-state index in [9.17, 15) is 19.8 Å². The average molecular weight is 779 g/mol. The first kappa shape index (κ1) is 47.9. The second kappa shape index (κ2) is 19.7. The summed E-state index contributed by atoms with van der Waals surface area (Å²) in [6.07, 6.45) is 6.08. The number of allylic oxidation sites excluding steroid dienone is 5. The molecular formula is C43H74O10Si. The van der Waals surface area contributed by atoms with E-state index in [1.807, 2.05) is 39.0 Å². The summed E-state index contributed by atoms with van der Waals surface area (Å²) in [4.78, 5) is 25.9. The molecule has 2 N–H and O–H groups in total. The Morgan fingerprint density at radius 2 is 1.67 bits per heavy atom. The largest absolute Gasteiger partial charge is 0.490 e. The van der Waals surface area contributed by atoms with Gasteiger partial charge in [-0.3, -0.25) is 4.79 Å². The van der Waals surface area contributed by atoms with Crippen molar-refractivity contribution < 1.29 is 47.9 Å². The van der Waals surface area contributed by atoms with Crippen molar-refractivity contribution in [2.45, 2.75) is 163 Å². The summed E-state index contributed by atoms with van der Waals surface area (Å²) >= 11 is 0.